The Kier molecular flexibility index (Phi) is 5.17. The van der Waals surface area contributed by atoms with Gasteiger partial charge in [0.1, 0.15) is 0 Å². The van der Waals surface area contributed by atoms with E-state index in [0.717, 1.165) is 14.9 Å². The first-order chi connectivity index (χ1) is 9.93. The molecule has 0 bridgehead atoms. The number of carbonyl (C=O) groups excluding carboxylic acids is 1. The van der Waals surface area contributed by atoms with Crippen molar-refractivity contribution in [3.8, 4) is 0 Å². The van der Waals surface area contributed by atoms with Gasteiger partial charge in [-0.1, -0.05) is 18.2 Å². The zero-order valence-corrected chi connectivity index (χ0v) is 14.7. The quantitative estimate of drug-likeness (QED) is 0.573. The maximum Gasteiger partial charge on any atom is 0.351 e. The minimum absolute atomic E-state index is 0.00205. The predicted octanol–water partition coefficient (Wildman–Crippen LogP) is 2.48. The van der Waals surface area contributed by atoms with Crippen LogP contribution in [0.4, 0.5) is 5.82 Å². The number of nitrogens with one attached hydrogen (secondary N) is 1. The molecule has 6 nitrogen and oxygen atoms in total. The topological polar surface area (TPSA) is 85.4 Å². The number of rotatable bonds is 5. The number of carbonyl (C=O) groups is 1. The van der Waals surface area contributed by atoms with Crippen LogP contribution in [0.5, 0.6) is 0 Å². The zero-order chi connectivity index (χ0) is 15.5. The molecule has 0 spiro atoms. The Bertz CT molecular complexity index is 758. The van der Waals surface area contributed by atoms with Gasteiger partial charge in [-0.25, -0.2) is 18.2 Å². The summed E-state index contributed by atoms with van der Waals surface area (Å²) in [5, 5.41) is 0. The highest BCUT2D eigenvalue weighted by molar-refractivity contribution is 14.1. The molecule has 0 aliphatic heterocycles. The molecule has 1 aromatic carbocycles. The number of hydrogen-bond acceptors (Lipinski definition) is 6. The van der Waals surface area contributed by atoms with Crippen LogP contribution in [0, 0.1) is 3.57 Å². The lowest BCUT2D eigenvalue weighted by molar-refractivity contribution is 0.0607. The van der Waals surface area contributed by atoms with E-state index >= 15 is 0 Å². The van der Waals surface area contributed by atoms with Crippen molar-refractivity contribution in [2.24, 2.45) is 0 Å². The summed E-state index contributed by atoms with van der Waals surface area (Å²) in [5.74, 6) is -0.813. The van der Waals surface area contributed by atoms with E-state index in [1.54, 1.807) is 12.1 Å². The molecule has 1 aromatic heterocycles. The monoisotopic (exact) mass is 438 g/mol. The number of sulfonamides is 1. The minimum atomic E-state index is -3.66. The van der Waals surface area contributed by atoms with E-state index < -0.39 is 16.0 Å². The van der Waals surface area contributed by atoms with E-state index in [-0.39, 0.29) is 16.4 Å². The Morgan fingerprint density at radius 2 is 2.14 bits per heavy atom. The van der Waals surface area contributed by atoms with Gasteiger partial charge in [0.2, 0.25) is 10.0 Å². The van der Waals surface area contributed by atoms with E-state index in [1.165, 1.54) is 12.6 Å². The second-order valence-corrected chi connectivity index (χ2v) is 7.71. The third kappa shape index (κ3) is 4.14. The second-order valence-electron chi connectivity index (χ2n) is 3.97. The average Bonchev–Trinajstić information content (AvgIpc) is 2.87. The van der Waals surface area contributed by atoms with E-state index in [1.807, 2.05) is 12.1 Å². The number of nitrogens with zero attached hydrogens (tertiary/aromatic N) is 1. The number of methoxy groups -OCH3 is 1. The Hall–Kier alpha value is -1.20. The molecule has 1 N–H and O–H groups in total. The van der Waals surface area contributed by atoms with Crippen LogP contribution < -0.4 is 4.72 Å². The highest BCUT2D eigenvalue weighted by Gasteiger charge is 2.21. The largest absolute Gasteiger partial charge is 0.465 e. The fraction of sp³-hybridized carbons (Fsp3) is 0.167. The molecule has 112 valence electrons. The number of hydrogen-bond donors (Lipinski definition) is 1. The summed E-state index contributed by atoms with van der Waals surface area (Å²) in [4.78, 5) is 15.5. The lowest BCUT2D eigenvalue weighted by atomic mass is 10.2. The molecule has 9 heteroatoms. The first-order valence-corrected chi connectivity index (χ1v) is 9.29. The third-order valence-electron chi connectivity index (χ3n) is 2.49. The summed E-state index contributed by atoms with van der Waals surface area (Å²) < 4.78 is 32.1. The van der Waals surface area contributed by atoms with Crippen molar-refractivity contribution in [2.45, 2.75) is 5.75 Å². The first kappa shape index (κ1) is 16.2. The summed E-state index contributed by atoms with van der Waals surface area (Å²) in [7, 11) is -2.43. The summed E-state index contributed by atoms with van der Waals surface area (Å²) in [6.45, 7) is 0. The average molecular weight is 438 g/mol. The number of benzene rings is 1. The van der Waals surface area contributed by atoms with Crippen LogP contribution in [0.1, 0.15) is 15.2 Å². The predicted molar refractivity (Wildman–Crippen MR) is 88.9 cm³/mol. The molecule has 0 atom stereocenters. The van der Waals surface area contributed by atoms with E-state index in [2.05, 4.69) is 37.0 Å². The number of thiazole rings is 1. The number of aromatic nitrogens is 1. The lowest BCUT2D eigenvalue weighted by Gasteiger charge is -2.08. The molecule has 1 heterocycles. The molecule has 21 heavy (non-hydrogen) atoms. The van der Waals surface area contributed by atoms with Crippen LogP contribution in [0.25, 0.3) is 0 Å². The molecule has 0 saturated carbocycles. The fourth-order valence-electron chi connectivity index (χ4n) is 1.56. The number of halogens is 1. The lowest BCUT2D eigenvalue weighted by Crippen LogP contribution is -2.17. The number of ether oxygens (including phenoxy) is 1. The molecule has 0 amide bonds. The Morgan fingerprint density at radius 3 is 2.81 bits per heavy atom. The molecule has 0 aliphatic carbocycles. The van der Waals surface area contributed by atoms with Crippen molar-refractivity contribution >= 4 is 55.7 Å². The first-order valence-electron chi connectivity index (χ1n) is 5.68. The maximum absolute atomic E-state index is 12.2. The van der Waals surface area contributed by atoms with Gasteiger partial charge in [0.25, 0.3) is 0 Å². The minimum Gasteiger partial charge on any atom is -0.465 e. The third-order valence-corrected chi connectivity index (χ3v) is 5.55. The molecule has 0 unspecified atom stereocenters. The van der Waals surface area contributed by atoms with Crippen LogP contribution in [0.2, 0.25) is 0 Å². The normalized spacial score (nSPS) is 11.1. The second kappa shape index (κ2) is 6.71. The molecule has 0 aliphatic rings. The van der Waals surface area contributed by atoms with Crippen LogP contribution in [-0.4, -0.2) is 26.5 Å². The van der Waals surface area contributed by atoms with Crippen LogP contribution >= 0.6 is 33.9 Å². The summed E-state index contributed by atoms with van der Waals surface area (Å²) in [6, 6.07) is 7.17. The van der Waals surface area contributed by atoms with Gasteiger partial charge in [-0.15, -0.1) is 11.3 Å². The summed E-state index contributed by atoms with van der Waals surface area (Å²) in [5.41, 5.74) is 2.07. The van der Waals surface area contributed by atoms with Crippen molar-refractivity contribution in [3.63, 3.8) is 0 Å². The highest BCUT2D eigenvalue weighted by atomic mass is 127. The summed E-state index contributed by atoms with van der Waals surface area (Å²) >= 11 is 3.09. The SMILES string of the molecule is COC(=O)c1scnc1NS(=O)(=O)Cc1ccccc1I. The Labute approximate surface area is 139 Å². The molecular formula is C12H11IN2O4S2. The number of anilines is 1. The van der Waals surface area contributed by atoms with Gasteiger partial charge in [0.15, 0.2) is 10.7 Å². The smallest absolute Gasteiger partial charge is 0.351 e. The zero-order valence-electron chi connectivity index (χ0n) is 10.9. The van der Waals surface area contributed by atoms with Gasteiger partial charge in [-0.2, -0.15) is 0 Å². The van der Waals surface area contributed by atoms with E-state index in [4.69, 9.17) is 0 Å². The maximum atomic E-state index is 12.2. The van der Waals surface area contributed by atoms with Crippen LogP contribution in [0.3, 0.4) is 0 Å². The van der Waals surface area contributed by atoms with Crippen molar-refractivity contribution in [1.29, 1.82) is 0 Å². The summed E-state index contributed by atoms with van der Waals surface area (Å²) in [6.07, 6.45) is 0. The molecule has 0 fully saturated rings. The standard InChI is InChI=1S/C12H11IN2O4S2/c1-19-12(16)10-11(14-7-20-10)15-21(17,18)6-8-4-2-3-5-9(8)13/h2-5,7,15H,6H2,1H3. The molecule has 2 rings (SSSR count). The molecule has 0 saturated heterocycles. The fourth-order valence-corrected chi connectivity index (χ4v) is 4.30. The van der Waals surface area contributed by atoms with Crippen molar-refractivity contribution in [3.05, 3.63) is 43.8 Å². The Balaban J connectivity index is 2.21. The molecular weight excluding hydrogens is 427 g/mol. The van der Waals surface area contributed by atoms with Gasteiger partial charge in [-0.05, 0) is 34.2 Å². The van der Waals surface area contributed by atoms with Crippen LogP contribution in [0.15, 0.2) is 29.8 Å². The van der Waals surface area contributed by atoms with Crippen molar-refractivity contribution in [1.82, 2.24) is 4.98 Å². The molecule has 0 radical (unpaired) electrons. The van der Waals surface area contributed by atoms with Gasteiger partial charge < -0.3 is 4.74 Å². The Morgan fingerprint density at radius 1 is 1.43 bits per heavy atom. The van der Waals surface area contributed by atoms with E-state index in [0.29, 0.717) is 5.56 Å². The van der Waals surface area contributed by atoms with E-state index in [9.17, 15) is 13.2 Å². The van der Waals surface area contributed by atoms with Gasteiger partial charge >= 0.3 is 5.97 Å². The van der Waals surface area contributed by atoms with Gasteiger partial charge in [-0.3, -0.25) is 4.72 Å². The van der Waals surface area contributed by atoms with Gasteiger partial charge in [0.05, 0.1) is 18.4 Å². The van der Waals surface area contributed by atoms with Crippen molar-refractivity contribution < 1.29 is 17.9 Å². The van der Waals surface area contributed by atoms with Gasteiger partial charge in [0, 0.05) is 3.57 Å². The molecule has 2 aromatic rings. The number of esters is 1. The van der Waals surface area contributed by atoms with Crippen molar-refractivity contribution in [2.75, 3.05) is 11.8 Å². The highest BCUT2D eigenvalue weighted by Crippen LogP contribution is 2.22. The van der Waals surface area contributed by atoms with Crippen LogP contribution in [-0.2, 0) is 20.5 Å².